The number of aromatic nitrogens is 1. The predicted molar refractivity (Wildman–Crippen MR) is 79.9 cm³/mol. The largest absolute Gasteiger partial charge is 0.390 e. The third kappa shape index (κ3) is 2.36. The quantitative estimate of drug-likeness (QED) is 0.864. The Kier molecular flexibility index (Phi) is 3.34. The first-order chi connectivity index (χ1) is 10.1. The molecular formula is C14H14N4O2S. The van der Waals surface area contributed by atoms with Crippen molar-refractivity contribution in [1.29, 1.82) is 0 Å². The number of thiophene rings is 1. The summed E-state index contributed by atoms with van der Waals surface area (Å²) in [5.41, 5.74) is 13.1. The predicted octanol–water partition coefficient (Wildman–Crippen LogP) is 1.02. The van der Waals surface area contributed by atoms with Crippen molar-refractivity contribution in [2.45, 2.75) is 13.0 Å². The zero-order valence-corrected chi connectivity index (χ0v) is 12.0. The molecule has 0 saturated heterocycles. The summed E-state index contributed by atoms with van der Waals surface area (Å²) in [6.07, 6.45) is 3.78. The first kappa shape index (κ1) is 13.6. The number of hydrogen-bond donors (Lipinski definition) is 2. The molecular weight excluding hydrogens is 288 g/mol. The fourth-order valence-electron chi connectivity index (χ4n) is 2.55. The second-order valence-electron chi connectivity index (χ2n) is 4.82. The Hall–Kier alpha value is -2.41. The van der Waals surface area contributed by atoms with E-state index in [0.717, 1.165) is 10.4 Å². The van der Waals surface area contributed by atoms with Gasteiger partial charge in [-0.05, 0) is 24.1 Å². The van der Waals surface area contributed by atoms with Gasteiger partial charge in [-0.2, -0.15) is 0 Å². The molecule has 0 aliphatic carbocycles. The van der Waals surface area contributed by atoms with E-state index < -0.39 is 5.91 Å². The molecule has 0 radical (unpaired) electrons. The van der Waals surface area contributed by atoms with Crippen LogP contribution in [0.5, 0.6) is 0 Å². The maximum absolute atomic E-state index is 12.4. The Morgan fingerprint density at radius 2 is 2.00 bits per heavy atom. The Bertz CT molecular complexity index is 711. The van der Waals surface area contributed by atoms with Gasteiger partial charge in [-0.25, -0.2) is 0 Å². The fourth-order valence-corrected chi connectivity index (χ4v) is 3.68. The lowest BCUT2D eigenvalue weighted by Crippen LogP contribution is -2.35. The second-order valence-corrected chi connectivity index (χ2v) is 5.96. The summed E-state index contributed by atoms with van der Waals surface area (Å²) in [7, 11) is 0. The molecule has 2 aromatic rings. The van der Waals surface area contributed by atoms with Crippen LogP contribution in [0.2, 0.25) is 0 Å². The Morgan fingerprint density at radius 1 is 1.29 bits per heavy atom. The molecule has 3 rings (SSSR count). The van der Waals surface area contributed by atoms with Gasteiger partial charge >= 0.3 is 0 Å². The van der Waals surface area contributed by atoms with Crippen LogP contribution in [0.3, 0.4) is 0 Å². The van der Waals surface area contributed by atoms with Crippen LogP contribution in [0.15, 0.2) is 24.5 Å². The standard InChI is InChI=1S/C14H14N4O2S/c15-12(19)11-9-3-6-18(7-10(9)21-13(11)16)14(20)8-1-4-17-5-2-8/h1-2,4-5H,3,6-7,16H2,(H2,15,19). The monoisotopic (exact) mass is 302 g/mol. The third-order valence-corrected chi connectivity index (χ3v) is 4.59. The molecule has 0 unspecified atom stereocenters. The van der Waals surface area contributed by atoms with Crippen LogP contribution in [0.4, 0.5) is 5.00 Å². The number of primary amides is 1. The molecule has 0 atom stereocenters. The lowest BCUT2D eigenvalue weighted by atomic mass is 10.0. The first-order valence-electron chi connectivity index (χ1n) is 6.47. The average Bonchev–Trinajstić information content (AvgIpc) is 2.82. The van der Waals surface area contributed by atoms with Gasteiger partial charge in [0.15, 0.2) is 0 Å². The lowest BCUT2D eigenvalue weighted by Gasteiger charge is -2.27. The number of amides is 2. The second kappa shape index (κ2) is 5.17. The summed E-state index contributed by atoms with van der Waals surface area (Å²) in [4.78, 5) is 30.5. The Morgan fingerprint density at radius 3 is 2.67 bits per heavy atom. The number of pyridine rings is 1. The lowest BCUT2D eigenvalue weighted by molar-refractivity contribution is 0.0737. The van der Waals surface area contributed by atoms with E-state index in [1.54, 1.807) is 29.4 Å². The van der Waals surface area contributed by atoms with E-state index in [-0.39, 0.29) is 5.91 Å². The van der Waals surface area contributed by atoms with Crippen LogP contribution in [0, 0.1) is 0 Å². The number of hydrogen-bond acceptors (Lipinski definition) is 5. The number of carbonyl (C=O) groups is 2. The van der Waals surface area contributed by atoms with Crippen molar-refractivity contribution >= 4 is 28.2 Å². The molecule has 21 heavy (non-hydrogen) atoms. The Labute approximate surface area is 125 Å². The van der Waals surface area contributed by atoms with Gasteiger partial charge in [-0.1, -0.05) is 0 Å². The number of fused-ring (bicyclic) bond motifs is 1. The van der Waals surface area contributed by atoms with Gasteiger partial charge in [0.05, 0.1) is 17.1 Å². The number of nitrogen functional groups attached to an aromatic ring is 1. The van der Waals surface area contributed by atoms with Gasteiger partial charge in [0, 0.05) is 29.4 Å². The highest BCUT2D eigenvalue weighted by molar-refractivity contribution is 7.16. The van der Waals surface area contributed by atoms with Crippen molar-refractivity contribution in [2.24, 2.45) is 5.73 Å². The maximum atomic E-state index is 12.4. The minimum Gasteiger partial charge on any atom is -0.390 e. The molecule has 1 aliphatic rings. The molecule has 1 aliphatic heterocycles. The number of nitrogens with zero attached hydrogens (tertiary/aromatic N) is 2. The van der Waals surface area contributed by atoms with E-state index in [1.807, 2.05) is 0 Å². The molecule has 6 nitrogen and oxygen atoms in total. The van der Waals surface area contributed by atoms with Crippen LogP contribution < -0.4 is 11.5 Å². The zero-order valence-electron chi connectivity index (χ0n) is 11.2. The number of rotatable bonds is 2. The number of carbonyl (C=O) groups excluding carboxylic acids is 2. The van der Waals surface area contributed by atoms with Crippen molar-refractivity contribution in [3.8, 4) is 0 Å². The molecule has 7 heteroatoms. The summed E-state index contributed by atoms with van der Waals surface area (Å²) in [6.45, 7) is 1.00. The highest BCUT2D eigenvalue weighted by atomic mass is 32.1. The summed E-state index contributed by atoms with van der Waals surface area (Å²) < 4.78 is 0. The highest BCUT2D eigenvalue weighted by Gasteiger charge is 2.28. The molecule has 0 bridgehead atoms. The van der Waals surface area contributed by atoms with E-state index in [1.165, 1.54) is 11.3 Å². The smallest absolute Gasteiger partial charge is 0.254 e. The third-order valence-electron chi connectivity index (χ3n) is 3.54. The Balaban J connectivity index is 1.87. The van der Waals surface area contributed by atoms with Gasteiger partial charge in [-0.3, -0.25) is 14.6 Å². The average molecular weight is 302 g/mol. The highest BCUT2D eigenvalue weighted by Crippen LogP contribution is 2.35. The van der Waals surface area contributed by atoms with E-state index >= 15 is 0 Å². The first-order valence-corrected chi connectivity index (χ1v) is 7.28. The normalized spacial score (nSPS) is 13.8. The molecule has 2 amide bonds. The van der Waals surface area contributed by atoms with Crippen molar-refractivity contribution < 1.29 is 9.59 Å². The molecule has 0 aromatic carbocycles. The van der Waals surface area contributed by atoms with E-state index in [4.69, 9.17) is 11.5 Å². The molecule has 108 valence electrons. The van der Waals surface area contributed by atoms with Crippen LogP contribution in [-0.2, 0) is 13.0 Å². The van der Waals surface area contributed by atoms with Crippen LogP contribution in [0.1, 0.15) is 31.2 Å². The molecule has 4 N–H and O–H groups in total. The number of anilines is 1. The maximum Gasteiger partial charge on any atom is 0.254 e. The summed E-state index contributed by atoms with van der Waals surface area (Å²) >= 11 is 1.33. The van der Waals surface area contributed by atoms with Gasteiger partial charge in [0.25, 0.3) is 11.8 Å². The zero-order chi connectivity index (χ0) is 15.0. The molecule has 2 aromatic heterocycles. The van der Waals surface area contributed by atoms with Gasteiger partial charge in [0.1, 0.15) is 0 Å². The minimum absolute atomic E-state index is 0.0457. The molecule has 3 heterocycles. The molecule has 0 fully saturated rings. The molecule has 0 saturated carbocycles. The SMILES string of the molecule is NC(=O)c1c(N)sc2c1CCN(C(=O)c1ccncc1)C2. The van der Waals surface area contributed by atoms with Crippen molar-refractivity contribution in [3.05, 3.63) is 46.1 Å². The van der Waals surface area contributed by atoms with E-state index in [2.05, 4.69) is 4.98 Å². The van der Waals surface area contributed by atoms with Crippen LogP contribution in [-0.4, -0.2) is 28.2 Å². The van der Waals surface area contributed by atoms with Gasteiger partial charge in [-0.15, -0.1) is 11.3 Å². The van der Waals surface area contributed by atoms with Crippen molar-refractivity contribution in [2.75, 3.05) is 12.3 Å². The summed E-state index contributed by atoms with van der Waals surface area (Å²) in [5, 5.41) is 0.436. The molecule has 0 spiro atoms. The van der Waals surface area contributed by atoms with Gasteiger partial charge < -0.3 is 16.4 Å². The van der Waals surface area contributed by atoms with Crippen LogP contribution >= 0.6 is 11.3 Å². The minimum atomic E-state index is -0.501. The van der Waals surface area contributed by atoms with E-state index in [0.29, 0.717) is 35.6 Å². The fraction of sp³-hybridized carbons (Fsp3) is 0.214. The summed E-state index contributed by atoms with van der Waals surface area (Å²) in [5.74, 6) is -0.547. The van der Waals surface area contributed by atoms with E-state index in [9.17, 15) is 9.59 Å². The summed E-state index contributed by atoms with van der Waals surface area (Å²) in [6, 6.07) is 3.38. The van der Waals surface area contributed by atoms with Gasteiger partial charge in [0.2, 0.25) is 0 Å². The number of nitrogens with two attached hydrogens (primary N) is 2. The van der Waals surface area contributed by atoms with Crippen molar-refractivity contribution in [3.63, 3.8) is 0 Å². The van der Waals surface area contributed by atoms with Crippen LogP contribution in [0.25, 0.3) is 0 Å². The topological polar surface area (TPSA) is 102 Å². The van der Waals surface area contributed by atoms with Crippen molar-refractivity contribution in [1.82, 2.24) is 9.88 Å².